The van der Waals surface area contributed by atoms with Gasteiger partial charge in [-0.15, -0.1) is 0 Å². The van der Waals surface area contributed by atoms with Crippen molar-refractivity contribution in [2.24, 2.45) is 0 Å². The summed E-state index contributed by atoms with van der Waals surface area (Å²) in [5.41, 5.74) is -1.75. The molecule has 0 spiro atoms. The van der Waals surface area contributed by atoms with Crippen LogP contribution in [0.2, 0.25) is 5.02 Å². The minimum Gasteiger partial charge on any atom is -0.379 e. The van der Waals surface area contributed by atoms with Crippen LogP contribution in [-0.2, 0) is 20.5 Å². The van der Waals surface area contributed by atoms with Gasteiger partial charge in [-0.2, -0.15) is 18.3 Å². The van der Waals surface area contributed by atoms with Crippen LogP contribution in [0.15, 0.2) is 17.2 Å². The number of ether oxygens (including phenoxy) is 1. The number of pyridine rings is 1. The standard InChI is InChI=1S/C23H27ClF3N7O4/c1-12(30-15-9-29-31-21(36)18(15)23(25,26)27)11-38-7-4-17(35)33-5-6-34-16(10-33)22(37)32(3)19-13(2)14(24)8-28-20(19)34/h8-9,12,16H,4-7,10-11H2,1-3H3,(H2,30,31,36)/t12-,16+/m0/s1. The van der Waals surface area contributed by atoms with Crippen molar-refractivity contribution in [3.8, 4) is 0 Å². The van der Waals surface area contributed by atoms with Crippen LogP contribution in [0.1, 0.15) is 24.5 Å². The van der Waals surface area contributed by atoms with Crippen LogP contribution >= 0.6 is 11.6 Å². The highest BCUT2D eigenvalue weighted by Crippen LogP contribution is 2.39. The first kappa shape index (κ1) is 27.6. The number of carbonyl (C=O) groups is 2. The van der Waals surface area contributed by atoms with Crippen molar-refractivity contribution in [1.82, 2.24) is 20.1 Å². The van der Waals surface area contributed by atoms with Crippen LogP contribution in [0.5, 0.6) is 0 Å². The molecule has 0 saturated carbocycles. The third-order valence-electron chi connectivity index (χ3n) is 6.55. The maximum absolute atomic E-state index is 13.2. The second-order valence-electron chi connectivity index (χ2n) is 9.21. The molecule has 2 atom stereocenters. The summed E-state index contributed by atoms with van der Waals surface area (Å²) in [7, 11) is 1.66. The number of hydrogen-bond acceptors (Lipinski definition) is 8. The third kappa shape index (κ3) is 5.41. The molecule has 0 radical (unpaired) electrons. The van der Waals surface area contributed by atoms with Crippen molar-refractivity contribution in [1.29, 1.82) is 0 Å². The Hall–Kier alpha value is -3.39. The molecule has 2 N–H and O–H groups in total. The highest BCUT2D eigenvalue weighted by Gasteiger charge is 2.43. The number of alkyl halides is 3. The molecule has 0 bridgehead atoms. The number of H-pyrrole nitrogens is 1. The minimum atomic E-state index is -4.85. The van der Waals surface area contributed by atoms with Crippen LogP contribution < -0.4 is 20.7 Å². The highest BCUT2D eigenvalue weighted by atomic mass is 35.5. The van der Waals surface area contributed by atoms with E-state index in [1.165, 1.54) is 4.90 Å². The Balaban J connectivity index is 1.29. The fourth-order valence-corrected chi connectivity index (χ4v) is 4.79. The van der Waals surface area contributed by atoms with E-state index in [4.69, 9.17) is 16.3 Å². The van der Waals surface area contributed by atoms with Crippen molar-refractivity contribution in [3.05, 3.63) is 38.9 Å². The molecule has 2 aromatic rings. The van der Waals surface area contributed by atoms with Crippen molar-refractivity contribution in [2.75, 3.05) is 55.0 Å². The summed E-state index contributed by atoms with van der Waals surface area (Å²) in [6.07, 6.45) is -2.38. The zero-order valence-electron chi connectivity index (χ0n) is 20.9. The van der Waals surface area contributed by atoms with E-state index < -0.39 is 35.1 Å². The van der Waals surface area contributed by atoms with E-state index in [1.807, 2.05) is 11.8 Å². The molecule has 2 aliphatic heterocycles. The highest BCUT2D eigenvalue weighted by molar-refractivity contribution is 6.32. The number of piperazine rings is 1. The molecule has 4 heterocycles. The molecule has 0 unspecified atom stereocenters. The molecule has 38 heavy (non-hydrogen) atoms. The van der Waals surface area contributed by atoms with Gasteiger partial charge in [-0.05, 0) is 19.4 Å². The van der Waals surface area contributed by atoms with Gasteiger partial charge in [0.2, 0.25) is 5.91 Å². The fraction of sp³-hybridized carbons (Fsp3) is 0.522. The summed E-state index contributed by atoms with van der Waals surface area (Å²) in [4.78, 5) is 46.9. The largest absolute Gasteiger partial charge is 0.423 e. The van der Waals surface area contributed by atoms with Crippen LogP contribution in [0.4, 0.5) is 30.4 Å². The Morgan fingerprint density at radius 2 is 2.05 bits per heavy atom. The first-order chi connectivity index (χ1) is 17.9. The van der Waals surface area contributed by atoms with E-state index in [0.717, 1.165) is 11.8 Å². The Kier molecular flexibility index (Phi) is 7.83. The molecule has 4 rings (SSSR count). The first-order valence-corrected chi connectivity index (χ1v) is 12.2. The number of aromatic amines is 1. The fourth-order valence-electron chi connectivity index (χ4n) is 4.65. The lowest BCUT2D eigenvalue weighted by Crippen LogP contribution is -2.63. The third-order valence-corrected chi connectivity index (χ3v) is 6.93. The van der Waals surface area contributed by atoms with Gasteiger partial charge in [0.15, 0.2) is 5.82 Å². The molecule has 0 aromatic carbocycles. The molecule has 15 heteroatoms. The number of likely N-dealkylation sites (N-methyl/N-ethyl adjacent to an activating group) is 1. The average Bonchev–Trinajstić information content (AvgIpc) is 2.85. The number of anilines is 3. The van der Waals surface area contributed by atoms with Gasteiger partial charge < -0.3 is 24.8 Å². The minimum absolute atomic E-state index is 0.0125. The number of rotatable bonds is 7. The van der Waals surface area contributed by atoms with Gasteiger partial charge in [0.05, 0.1) is 48.8 Å². The normalized spacial score (nSPS) is 18.2. The van der Waals surface area contributed by atoms with Crippen LogP contribution in [-0.4, -0.2) is 83.9 Å². The van der Waals surface area contributed by atoms with Crippen LogP contribution in [0, 0.1) is 6.92 Å². The molecular weight excluding hydrogens is 531 g/mol. The Morgan fingerprint density at radius 3 is 2.76 bits per heavy atom. The van der Waals surface area contributed by atoms with E-state index in [9.17, 15) is 27.6 Å². The first-order valence-electron chi connectivity index (χ1n) is 11.9. The molecule has 2 aromatic heterocycles. The molecular formula is C23H27ClF3N7O4. The lowest BCUT2D eigenvalue weighted by atomic mass is 10.0. The maximum atomic E-state index is 13.2. The Bertz CT molecular complexity index is 1290. The number of carbonyl (C=O) groups excluding carboxylic acids is 2. The summed E-state index contributed by atoms with van der Waals surface area (Å²) in [6, 6.07) is -1.17. The zero-order chi connectivity index (χ0) is 27.8. The molecule has 1 fully saturated rings. The number of amides is 2. The molecule has 2 amide bonds. The van der Waals surface area contributed by atoms with E-state index >= 15 is 0 Å². The van der Waals surface area contributed by atoms with Crippen molar-refractivity contribution in [3.63, 3.8) is 0 Å². The molecule has 11 nitrogen and oxygen atoms in total. The quantitative estimate of drug-likeness (QED) is 0.496. The van der Waals surface area contributed by atoms with Gasteiger partial charge in [-0.1, -0.05) is 11.6 Å². The molecule has 1 saturated heterocycles. The van der Waals surface area contributed by atoms with Gasteiger partial charge in [-0.25, -0.2) is 10.1 Å². The number of aromatic nitrogens is 3. The van der Waals surface area contributed by atoms with Gasteiger partial charge in [-0.3, -0.25) is 14.4 Å². The summed E-state index contributed by atoms with van der Waals surface area (Å²) >= 11 is 6.20. The topological polar surface area (TPSA) is 124 Å². The predicted octanol–water partition coefficient (Wildman–Crippen LogP) is 2.05. The Morgan fingerprint density at radius 1 is 1.32 bits per heavy atom. The van der Waals surface area contributed by atoms with E-state index in [1.54, 1.807) is 30.2 Å². The molecule has 0 aliphatic carbocycles. The summed E-state index contributed by atoms with van der Waals surface area (Å²) < 4.78 is 45.1. The predicted molar refractivity (Wildman–Crippen MR) is 133 cm³/mol. The number of fused-ring (bicyclic) bond motifs is 3. The number of nitrogens with zero attached hydrogens (tertiary/aromatic N) is 5. The van der Waals surface area contributed by atoms with Crippen LogP contribution in [0.3, 0.4) is 0 Å². The summed E-state index contributed by atoms with van der Waals surface area (Å²) in [5, 5.41) is 8.23. The maximum Gasteiger partial charge on any atom is 0.423 e. The average molecular weight is 558 g/mol. The van der Waals surface area contributed by atoms with E-state index in [-0.39, 0.29) is 38.0 Å². The molecule has 206 valence electrons. The number of halogens is 4. The zero-order valence-corrected chi connectivity index (χ0v) is 21.7. The van der Waals surface area contributed by atoms with Gasteiger partial charge in [0, 0.05) is 32.4 Å². The number of hydrogen-bond donors (Lipinski definition) is 2. The lowest BCUT2D eigenvalue weighted by molar-refractivity contribution is -0.138. The van der Waals surface area contributed by atoms with Gasteiger partial charge in [0.1, 0.15) is 11.6 Å². The van der Waals surface area contributed by atoms with E-state index in [0.29, 0.717) is 29.6 Å². The van der Waals surface area contributed by atoms with Crippen molar-refractivity contribution >= 4 is 40.6 Å². The second kappa shape index (κ2) is 10.8. The summed E-state index contributed by atoms with van der Waals surface area (Å²) in [6.45, 7) is 4.43. The van der Waals surface area contributed by atoms with Gasteiger partial charge >= 0.3 is 6.18 Å². The monoisotopic (exact) mass is 557 g/mol. The lowest BCUT2D eigenvalue weighted by Gasteiger charge is -2.46. The second-order valence-corrected chi connectivity index (χ2v) is 9.61. The van der Waals surface area contributed by atoms with Crippen molar-refractivity contribution in [2.45, 2.75) is 38.5 Å². The van der Waals surface area contributed by atoms with Gasteiger partial charge in [0.25, 0.3) is 11.5 Å². The SMILES string of the molecule is Cc1c(Cl)cnc2c1N(C)C(=O)[C@H]1CN(C(=O)CCOC[C@H](C)Nc3cn[nH]c(=O)c3C(F)(F)F)CCN21. The van der Waals surface area contributed by atoms with E-state index in [2.05, 4.69) is 15.4 Å². The molecule has 2 aliphatic rings. The Labute approximate surface area is 220 Å². The summed E-state index contributed by atoms with van der Waals surface area (Å²) in [5.74, 6) is 0.288. The number of nitrogens with one attached hydrogen (secondary N) is 2. The van der Waals surface area contributed by atoms with Crippen LogP contribution in [0.25, 0.3) is 0 Å². The smallest absolute Gasteiger partial charge is 0.379 e. The van der Waals surface area contributed by atoms with Crippen molar-refractivity contribution < 1.29 is 27.5 Å².